The van der Waals surface area contributed by atoms with Gasteiger partial charge in [0, 0.05) is 19.9 Å². The first-order valence-electron chi connectivity index (χ1n) is 6.32. The quantitative estimate of drug-likeness (QED) is 0.690. The molecule has 1 aromatic heterocycles. The second kappa shape index (κ2) is 8.44. The fraction of sp³-hybridized carbons (Fsp3) is 0.538. The standard InChI is InChI=1S/C13H21N3O3/c1-3-19-13-11(7-4-8-15-13)16-12(17)10(14)6-5-9-18-2/h4,7-8,10H,3,5-6,9,14H2,1-2H3,(H,16,17). The van der Waals surface area contributed by atoms with Gasteiger partial charge in [-0.25, -0.2) is 4.98 Å². The van der Waals surface area contributed by atoms with Crippen molar-refractivity contribution in [3.8, 4) is 5.88 Å². The molecule has 0 fully saturated rings. The molecule has 0 aliphatic heterocycles. The van der Waals surface area contributed by atoms with Gasteiger partial charge in [-0.1, -0.05) is 0 Å². The second-order valence-corrected chi connectivity index (χ2v) is 4.02. The van der Waals surface area contributed by atoms with Crippen LogP contribution in [0.2, 0.25) is 0 Å². The van der Waals surface area contributed by atoms with Crippen LogP contribution in [0.25, 0.3) is 0 Å². The first kappa shape index (κ1) is 15.4. The van der Waals surface area contributed by atoms with Crippen molar-refractivity contribution in [1.82, 2.24) is 4.98 Å². The maximum Gasteiger partial charge on any atom is 0.241 e. The zero-order valence-electron chi connectivity index (χ0n) is 11.4. The topological polar surface area (TPSA) is 86.5 Å². The summed E-state index contributed by atoms with van der Waals surface area (Å²) in [6, 6.07) is 2.90. The van der Waals surface area contributed by atoms with Crippen molar-refractivity contribution in [2.75, 3.05) is 25.6 Å². The Bertz CT molecular complexity index is 398. The maximum atomic E-state index is 11.9. The third-order valence-corrected chi connectivity index (χ3v) is 2.51. The number of nitrogens with two attached hydrogens (primary N) is 1. The number of methoxy groups -OCH3 is 1. The molecule has 0 aliphatic rings. The van der Waals surface area contributed by atoms with Crippen LogP contribution in [0.15, 0.2) is 18.3 Å². The molecule has 3 N–H and O–H groups in total. The molecule has 1 amide bonds. The lowest BCUT2D eigenvalue weighted by Gasteiger charge is -2.14. The monoisotopic (exact) mass is 267 g/mol. The number of pyridine rings is 1. The van der Waals surface area contributed by atoms with Gasteiger partial charge >= 0.3 is 0 Å². The number of aromatic nitrogens is 1. The van der Waals surface area contributed by atoms with Gasteiger partial charge in [0.1, 0.15) is 5.69 Å². The van der Waals surface area contributed by atoms with E-state index in [2.05, 4.69) is 10.3 Å². The van der Waals surface area contributed by atoms with Crippen LogP contribution in [0.5, 0.6) is 5.88 Å². The molecular formula is C13H21N3O3. The average Bonchev–Trinajstić information content (AvgIpc) is 2.41. The van der Waals surface area contributed by atoms with Gasteiger partial charge in [0.15, 0.2) is 0 Å². The molecular weight excluding hydrogens is 246 g/mol. The Morgan fingerprint density at radius 1 is 1.58 bits per heavy atom. The number of ether oxygens (including phenoxy) is 2. The van der Waals surface area contributed by atoms with Crippen LogP contribution in [0.3, 0.4) is 0 Å². The molecule has 19 heavy (non-hydrogen) atoms. The highest BCUT2D eigenvalue weighted by Crippen LogP contribution is 2.20. The summed E-state index contributed by atoms with van der Waals surface area (Å²) in [6.45, 7) is 2.94. The molecule has 0 aromatic carbocycles. The van der Waals surface area contributed by atoms with E-state index < -0.39 is 6.04 Å². The van der Waals surface area contributed by atoms with Crippen LogP contribution >= 0.6 is 0 Å². The minimum absolute atomic E-state index is 0.245. The molecule has 1 rings (SSSR count). The molecule has 0 radical (unpaired) electrons. The molecule has 6 heteroatoms. The van der Waals surface area contributed by atoms with Crippen molar-refractivity contribution in [2.45, 2.75) is 25.8 Å². The van der Waals surface area contributed by atoms with Crippen molar-refractivity contribution in [1.29, 1.82) is 0 Å². The predicted molar refractivity (Wildman–Crippen MR) is 73.1 cm³/mol. The number of anilines is 1. The van der Waals surface area contributed by atoms with Gasteiger partial charge in [0.05, 0.1) is 12.6 Å². The van der Waals surface area contributed by atoms with Crippen molar-refractivity contribution >= 4 is 11.6 Å². The lowest BCUT2D eigenvalue weighted by molar-refractivity contribution is -0.117. The van der Waals surface area contributed by atoms with E-state index in [9.17, 15) is 4.79 Å². The van der Waals surface area contributed by atoms with Crippen molar-refractivity contribution in [2.24, 2.45) is 5.73 Å². The van der Waals surface area contributed by atoms with Gasteiger partial charge in [-0.05, 0) is 31.9 Å². The van der Waals surface area contributed by atoms with E-state index in [1.807, 2.05) is 6.92 Å². The first-order valence-corrected chi connectivity index (χ1v) is 6.32. The Balaban J connectivity index is 2.55. The van der Waals surface area contributed by atoms with Crippen LogP contribution in [-0.4, -0.2) is 37.3 Å². The van der Waals surface area contributed by atoms with Gasteiger partial charge in [-0.15, -0.1) is 0 Å². The number of carbonyl (C=O) groups excluding carboxylic acids is 1. The smallest absolute Gasteiger partial charge is 0.241 e. The summed E-state index contributed by atoms with van der Waals surface area (Å²) in [5.41, 5.74) is 6.34. The third kappa shape index (κ3) is 5.23. The minimum Gasteiger partial charge on any atom is -0.476 e. The zero-order valence-corrected chi connectivity index (χ0v) is 11.4. The number of nitrogens with zero attached hydrogens (tertiary/aromatic N) is 1. The van der Waals surface area contributed by atoms with E-state index in [1.54, 1.807) is 25.4 Å². The molecule has 0 saturated heterocycles. The third-order valence-electron chi connectivity index (χ3n) is 2.51. The molecule has 6 nitrogen and oxygen atoms in total. The minimum atomic E-state index is -0.565. The van der Waals surface area contributed by atoms with Crippen LogP contribution in [-0.2, 0) is 9.53 Å². The summed E-state index contributed by atoms with van der Waals surface area (Å²) in [7, 11) is 1.62. The summed E-state index contributed by atoms with van der Waals surface area (Å²) in [5.74, 6) is 0.160. The molecule has 1 atom stereocenters. The normalized spacial score (nSPS) is 11.9. The zero-order chi connectivity index (χ0) is 14.1. The fourth-order valence-corrected chi connectivity index (χ4v) is 1.54. The highest BCUT2D eigenvalue weighted by molar-refractivity contribution is 5.95. The van der Waals surface area contributed by atoms with Crippen LogP contribution in [0, 0.1) is 0 Å². The van der Waals surface area contributed by atoms with Crippen molar-refractivity contribution in [3.63, 3.8) is 0 Å². The van der Waals surface area contributed by atoms with E-state index in [0.717, 1.165) is 6.42 Å². The highest BCUT2D eigenvalue weighted by Gasteiger charge is 2.15. The van der Waals surface area contributed by atoms with E-state index in [4.69, 9.17) is 15.2 Å². The average molecular weight is 267 g/mol. The van der Waals surface area contributed by atoms with E-state index in [-0.39, 0.29) is 5.91 Å². The molecule has 1 unspecified atom stereocenters. The highest BCUT2D eigenvalue weighted by atomic mass is 16.5. The summed E-state index contributed by atoms with van der Waals surface area (Å²) in [4.78, 5) is 16.0. The van der Waals surface area contributed by atoms with Gasteiger partial charge in [-0.2, -0.15) is 0 Å². The molecule has 0 saturated carbocycles. The number of rotatable bonds is 8. The van der Waals surface area contributed by atoms with Crippen LogP contribution in [0.4, 0.5) is 5.69 Å². The van der Waals surface area contributed by atoms with Gasteiger partial charge in [0.25, 0.3) is 0 Å². The summed E-state index contributed by atoms with van der Waals surface area (Å²) >= 11 is 0. The maximum absolute atomic E-state index is 11.9. The molecule has 0 bridgehead atoms. The van der Waals surface area contributed by atoms with Gasteiger partial charge in [0.2, 0.25) is 11.8 Å². The Morgan fingerprint density at radius 3 is 3.05 bits per heavy atom. The van der Waals surface area contributed by atoms with Crippen LogP contribution in [0.1, 0.15) is 19.8 Å². The van der Waals surface area contributed by atoms with E-state index in [1.165, 1.54) is 0 Å². The fourth-order valence-electron chi connectivity index (χ4n) is 1.54. The lowest BCUT2D eigenvalue weighted by Crippen LogP contribution is -2.35. The van der Waals surface area contributed by atoms with Gasteiger partial charge < -0.3 is 20.5 Å². The summed E-state index contributed by atoms with van der Waals surface area (Å²) in [6.07, 6.45) is 2.93. The Hall–Kier alpha value is -1.66. The molecule has 1 aromatic rings. The summed E-state index contributed by atoms with van der Waals surface area (Å²) in [5, 5.41) is 2.73. The first-order chi connectivity index (χ1) is 9.19. The number of hydrogen-bond donors (Lipinski definition) is 2. The molecule has 1 heterocycles. The molecule has 0 spiro atoms. The van der Waals surface area contributed by atoms with Crippen molar-refractivity contribution in [3.05, 3.63) is 18.3 Å². The Kier molecular flexibility index (Phi) is 6.84. The lowest BCUT2D eigenvalue weighted by atomic mass is 10.1. The number of amides is 1. The van der Waals surface area contributed by atoms with E-state index in [0.29, 0.717) is 31.2 Å². The Labute approximate surface area is 113 Å². The van der Waals surface area contributed by atoms with Crippen molar-refractivity contribution < 1.29 is 14.3 Å². The SMILES string of the molecule is CCOc1ncccc1NC(=O)C(N)CCCOC. The van der Waals surface area contributed by atoms with E-state index >= 15 is 0 Å². The number of nitrogens with one attached hydrogen (secondary N) is 1. The predicted octanol–water partition coefficient (Wildman–Crippen LogP) is 1.17. The molecule has 0 aliphatic carbocycles. The number of hydrogen-bond acceptors (Lipinski definition) is 5. The van der Waals surface area contributed by atoms with Crippen LogP contribution < -0.4 is 15.8 Å². The largest absolute Gasteiger partial charge is 0.476 e. The molecule has 106 valence electrons. The Morgan fingerprint density at radius 2 is 2.37 bits per heavy atom. The second-order valence-electron chi connectivity index (χ2n) is 4.02. The number of carbonyl (C=O) groups is 1. The summed E-state index contributed by atoms with van der Waals surface area (Å²) < 4.78 is 10.3. The van der Waals surface area contributed by atoms with Gasteiger partial charge in [-0.3, -0.25) is 4.79 Å².